The molecule has 17 heavy (non-hydrogen) atoms. The second kappa shape index (κ2) is 7.67. The van der Waals surface area contributed by atoms with Gasteiger partial charge in [0.15, 0.2) is 0 Å². The van der Waals surface area contributed by atoms with Crippen LogP contribution in [0.3, 0.4) is 0 Å². The first-order valence-corrected chi connectivity index (χ1v) is 6.94. The van der Waals surface area contributed by atoms with Crippen molar-refractivity contribution in [3.05, 3.63) is 0 Å². The summed E-state index contributed by atoms with van der Waals surface area (Å²) in [7, 11) is 0. The maximum absolute atomic E-state index is 11.8. The SMILES string of the molecule is CCNC(=O)C(C)N(CC)CC1CCCCN1. The molecule has 1 amide bonds. The van der Waals surface area contributed by atoms with E-state index in [1.165, 1.54) is 19.3 Å². The highest BCUT2D eigenvalue weighted by Crippen LogP contribution is 2.10. The number of hydrogen-bond donors (Lipinski definition) is 2. The fraction of sp³-hybridized carbons (Fsp3) is 0.923. The number of rotatable bonds is 6. The summed E-state index contributed by atoms with van der Waals surface area (Å²) in [5.41, 5.74) is 0. The van der Waals surface area contributed by atoms with Crippen molar-refractivity contribution >= 4 is 5.91 Å². The predicted octanol–water partition coefficient (Wildman–Crippen LogP) is 0.975. The van der Waals surface area contributed by atoms with Gasteiger partial charge >= 0.3 is 0 Å². The molecule has 100 valence electrons. The Bertz CT molecular complexity index is 227. The Balaban J connectivity index is 2.42. The van der Waals surface area contributed by atoms with Crippen LogP contribution < -0.4 is 10.6 Å². The molecule has 0 bridgehead atoms. The maximum Gasteiger partial charge on any atom is 0.237 e. The molecule has 2 atom stereocenters. The zero-order valence-corrected chi connectivity index (χ0v) is 11.5. The molecule has 1 rings (SSSR count). The lowest BCUT2D eigenvalue weighted by molar-refractivity contribution is -0.125. The van der Waals surface area contributed by atoms with Crippen molar-refractivity contribution < 1.29 is 4.79 Å². The van der Waals surface area contributed by atoms with E-state index in [0.717, 1.165) is 19.6 Å². The van der Waals surface area contributed by atoms with Crippen LogP contribution in [0.15, 0.2) is 0 Å². The van der Waals surface area contributed by atoms with Gasteiger partial charge in [-0.3, -0.25) is 9.69 Å². The third-order valence-electron chi connectivity index (χ3n) is 3.55. The van der Waals surface area contributed by atoms with Gasteiger partial charge < -0.3 is 10.6 Å². The lowest BCUT2D eigenvalue weighted by Crippen LogP contribution is -2.51. The molecule has 1 aliphatic rings. The average Bonchev–Trinajstić information content (AvgIpc) is 2.36. The van der Waals surface area contributed by atoms with Crippen molar-refractivity contribution in [2.45, 2.75) is 52.1 Å². The smallest absolute Gasteiger partial charge is 0.237 e. The zero-order chi connectivity index (χ0) is 12.7. The van der Waals surface area contributed by atoms with Crippen molar-refractivity contribution in [3.8, 4) is 0 Å². The van der Waals surface area contributed by atoms with Crippen molar-refractivity contribution in [2.24, 2.45) is 0 Å². The first-order chi connectivity index (χ1) is 8.19. The molecular formula is C13H27N3O. The minimum Gasteiger partial charge on any atom is -0.355 e. The third-order valence-corrected chi connectivity index (χ3v) is 3.55. The highest BCUT2D eigenvalue weighted by atomic mass is 16.2. The summed E-state index contributed by atoms with van der Waals surface area (Å²) in [6.07, 6.45) is 3.83. The number of carbonyl (C=O) groups is 1. The van der Waals surface area contributed by atoms with E-state index >= 15 is 0 Å². The molecule has 4 heteroatoms. The summed E-state index contributed by atoms with van der Waals surface area (Å²) in [5, 5.41) is 6.43. The average molecular weight is 241 g/mol. The van der Waals surface area contributed by atoms with E-state index in [2.05, 4.69) is 22.5 Å². The van der Waals surface area contributed by atoms with Crippen LogP contribution in [0.25, 0.3) is 0 Å². The Kier molecular flexibility index (Phi) is 6.52. The van der Waals surface area contributed by atoms with Gasteiger partial charge in [0, 0.05) is 19.1 Å². The zero-order valence-electron chi connectivity index (χ0n) is 11.5. The van der Waals surface area contributed by atoms with E-state index in [0.29, 0.717) is 12.6 Å². The van der Waals surface area contributed by atoms with Crippen LogP contribution in [0.1, 0.15) is 40.0 Å². The molecule has 0 saturated carbocycles. The van der Waals surface area contributed by atoms with Gasteiger partial charge in [0.2, 0.25) is 5.91 Å². The first-order valence-electron chi connectivity index (χ1n) is 6.94. The van der Waals surface area contributed by atoms with Crippen molar-refractivity contribution in [1.82, 2.24) is 15.5 Å². The lowest BCUT2D eigenvalue weighted by Gasteiger charge is -2.33. The molecule has 0 aromatic rings. The van der Waals surface area contributed by atoms with Crippen LogP contribution >= 0.6 is 0 Å². The molecule has 4 nitrogen and oxygen atoms in total. The predicted molar refractivity (Wildman–Crippen MR) is 71.0 cm³/mol. The highest BCUT2D eigenvalue weighted by molar-refractivity contribution is 5.81. The molecule has 2 unspecified atom stereocenters. The van der Waals surface area contributed by atoms with Crippen molar-refractivity contribution in [3.63, 3.8) is 0 Å². The van der Waals surface area contributed by atoms with Gasteiger partial charge in [-0.15, -0.1) is 0 Å². The molecule has 1 saturated heterocycles. The largest absolute Gasteiger partial charge is 0.355 e. The van der Waals surface area contributed by atoms with Crippen LogP contribution in [0.2, 0.25) is 0 Å². The highest BCUT2D eigenvalue weighted by Gasteiger charge is 2.23. The summed E-state index contributed by atoms with van der Waals surface area (Å²) in [5.74, 6) is 0.144. The molecular weight excluding hydrogens is 214 g/mol. The minimum absolute atomic E-state index is 0.0244. The van der Waals surface area contributed by atoms with Crippen molar-refractivity contribution in [2.75, 3.05) is 26.2 Å². The van der Waals surface area contributed by atoms with Crippen LogP contribution in [-0.2, 0) is 4.79 Å². The van der Waals surface area contributed by atoms with Crippen LogP contribution in [0.4, 0.5) is 0 Å². The number of nitrogens with one attached hydrogen (secondary N) is 2. The van der Waals surface area contributed by atoms with Gasteiger partial charge in [0.1, 0.15) is 0 Å². The summed E-state index contributed by atoms with van der Waals surface area (Å²) >= 11 is 0. The maximum atomic E-state index is 11.8. The van der Waals surface area contributed by atoms with Gasteiger partial charge in [-0.05, 0) is 39.8 Å². The van der Waals surface area contributed by atoms with Crippen LogP contribution in [-0.4, -0.2) is 49.1 Å². The first kappa shape index (κ1) is 14.5. The molecule has 1 fully saturated rings. The second-order valence-electron chi connectivity index (χ2n) is 4.80. The number of likely N-dealkylation sites (N-methyl/N-ethyl adjacent to an activating group) is 2. The van der Waals surface area contributed by atoms with Crippen LogP contribution in [0, 0.1) is 0 Å². The third kappa shape index (κ3) is 4.64. The van der Waals surface area contributed by atoms with Gasteiger partial charge in [-0.2, -0.15) is 0 Å². The molecule has 1 heterocycles. The van der Waals surface area contributed by atoms with Gasteiger partial charge in [0.05, 0.1) is 6.04 Å². The minimum atomic E-state index is -0.0244. The van der Waals surface area contributed by atoms with E-state index in [1.807, 2.05) is 13.8 Å². The fourth-order valence-corrected chi connectivity index (χ4v) is 2.41. The summed E-state index contributed by atoms with van der Waals surface area (Å²) in [6, 6.07) is 0.532. The summed E-state index contributed by atoms with van der Waals surface area (Å²) in [4.78, 5) is 14.1. The molecule has 0 radical (unpaired) electrons. The van der Waals surface area contributed by atoms with E-state index < -0.39 is 0 Å². The van der Waals surface area contributed by atoms with Crippen molar-refractivity contribution in [1.29, 1.82) is 0 Å². The van der Waals surface area contributed by atoms with Gasteiger partial charge in [-0.1, -0.05) is 13.3 Å². The topological polar surface area (TPSA) is 44.4 Å². The van der Waals surface area contributed by atoms with E-state index in [9.17, 15) is 4.79 Å². The van der Waals surface area contributed by atoms with E-state index in [-0.39, 0.29) is 11.9 Å². The van der Waals surface area contributed by atoms with E-state index in [1.54, 1.807) is 0 Å². The Hall–Kier alpha value is -0.610. The molecule has 0 aromatic carbocycles. The Morgan fingerprint density at radius 2 is 2.24 bits per heavy atom. The number of piperidine rings is 1. The monoisotopic (exact) mass is 241 g/mol. The lowest BCUT2D eigenvalue weighted by atomic mass is 10.0. The quantitative estimate of drug-likeness (QED) is 0.728. The van der Waals surface area contributed by atoms with E-state index in [4.69, 9.17) is 0 Å². The molecule has 1 aliphatic heterocycles. The van der Waals surface area contributed by atoms with Crippen LogP contribution in [0.5, 0.6) is 0 Å². The summed E-state index contributed by atoms with van der Waals surface area (Å²) in [6.45, 7) is 9.82. The number of amides is 1. The Labute approximate surface area is 105 Å². The van der Waals surface area contributed by atoms with Gasteiger partial charge in [-0.25, -0.2) is 0 Å². The van der Waals surface area contributed by atoms with Gasteiger partial charge in [0.25, 0.3) is 0 Å². The Morgan fingerprint density at radius 3 is 2.76 bits per heavy atom. The molecule has 0 aliphatic carbocycles. The fourth-order valence-electron chi connectivity index (χ4n) is 2.41. The summed E-state index contributed by atoms with van der Waals surface area (Å²) < 4.78 is 0. The number of nitrogens with zero attached hydrogens (tertiary/aromatic N) is 1. The molecule has 0 spiro atoms. The molecule has 2 N–H and O–H groups in total. The number of hydrogen-bond acceptors (Lipinski definition) is 3. The number of carbonyl (C=O) groups excluding carboxylic acids is 1. The Morgan fingerprint density at radius 1 is 1.47 bits per heavy atom. The second-order valence-corrected chi connectivity index (χ2v) is 4.80. The normalized spacial score (nSPS) is 22.5. The molecule has 0 aromatic heterocycles. The standard InChI is InChI=1S/C13H27N3O/c1-4-14-13(17)11(3)16(5-2)10-12-8-6-7-9-15-12/h11-12,15H,4-10H2,1-3H3,(H,14,17).